The van der Waals surface area contributed by atoms with Crippen molar-refractivity contribution >= 4 is 32.9 Å². The van der Waals surface area contributed by atoms with Crippen molar-refractivity contribution in [2.45, 2.75) is 31.6 Å². The molecule has 1 aromatic carbocycles. The predicted molar refractivity (Wildman–Crippen MR) is 87.1 cm³/mol. The minimum atomic E-state index is -3.72. The van der Waals surface area contributed by atoms with Crippen LogP contribution in [0, 0.1) is 21.4 Å². The Kier molecular flexibility index (Phi) is 4.65. The van der Waals surface area contributed by atoms with Crippen LogP contribution in [-0.2, 0) is 19.4 Å². The maximum atomic E-state index is 12.7. The Labute approximate surface area is 144 Å². The minimum absolute atomic E-state index is 0.0321. The molecule has 8 nitrogen and oxygen atoms in total. The second-order valence-electron chi connectivity index (χ2n) is 6.72. The summed E-state index contributed by atoms with van der Waals surface area (Å²) < 4.78 is 23.1. The third kappa shape index (κ3) is 3.51. The molecule has 1 fully saturated rings. The van der Waals surface area contributed by atoms with Gasteiger partial charge in [-0.2, -0.15) is 0 Å². The van der Waals surface area contributed by atoms with Gasteiger partial charge in [0.15, 0.2) is 27.2 Å². The van der Waals surface area contributed by atoms with Crippen molar-refractivity contribution < 1.29 is 27.7 Å². The molecule has 9 heteroatoms. The largest absolute Gasteiger partial charge is 0.298 e. The molecule has 1 saturated carbocycles. The Morgan fingerprint density at radius 2 is 1.88 bits per heavy atom. The lowest BCUT2D eigenvalue weighted by Gasteiger charge is -2.31. The molecule has 0 heterocycles. The molecule has 25 heavy (non-hydrogen) atoms. The second-order valence-corrected chi connectivity index (χ2v) is 8.74. The molecule has 1 aliphatic rings. The fourth-order valence-electron chi connectivity index (χ4n) is 2.76. The van der Waals surface area contributed by atoms with E-state index in [0.29, 0.717) is 6.42 Å². The molecular formula is C16H17NO7S. The quantitative estimate of drug-likeness (QED) is 0.343. The second kappa shape index (κ2) is 6.14. The SMILES string of the molecule is CC1(C)CCC(=O)C(C(=O)c2ccc(S(C)(=O)=O)cc2[N+](=O)[O-])C1=O. The molecule has 1 unspecified atom stereocenters. The van der Waals surface area contributed by atoms with Gasteiger partial charge in [0.25, 0.3) is 5.69 Å². The van der Waals surface area contributed by atoms with E-state index >= 15 is 0 Å². The topological polar surface area (TPSA) is 128 Å². The molecule has 1 aliphatic carbocycles. The number of nitro groups is 1. The van der Waals surface area contributed by atoms with Crippen molar-refractivity contribution in [3.63, 3.8) is 0 Å². The Morgan fingerprint density at radius 3 is 2.40 bits per heavy atom. The van der Waals surface area contributed by atoms with Crippen LogP contribution in [0.4, 0.5) is 5.69 Å². The number of nitro benzene ring substituents is 1. The van der Waals surface area contributed by atoms with Crippen molar-refractivity contribution in [2.24, 2.45) is 11.3 Å². The van der Waals surface area contributed by atoms with Crippen LogP contribution >= 0.6 is 0 Å². The minimum Gasteiger partial charge on any atom is -0.298 e. The molecule has 1 atom stereocenters. The van der Waals surface area contributed by atoms with Crippen LogP contribution in [0.3, 0.4) is 0 Å². The van der Waals surface area contributed by atoms with Crippen LogP contribution < -0.4 is 0 Å². The smallest absolute Gasteiger partial charge is 0.281 e. The molecule has 0 bridgehead atoms. The van der Waals surface area contributed by atoms with Crippen LogP contribution in [0.2, 0.25) is 0 Å². The fourth-order valence-corrected chi connectivity index (χ4v) is 3.40. The number of carbonyl (C=O) groups excluding carboxylic acids is 3. The van der Waals surface area contributed by atoms with Gasteiger partial charge in [-0.05, 0) is 18.6 Å². The first-order chi connectivity index (χ1) is 11.4. The van der Waals surface area contributed by atoms with Crippen LogP contribution in [0.25, 0.3) is 0 Å². The lowest BCUT2D eigenvalue weighted by atomic mass is 9.68. The first-order valence-electron chi connectivity index (χ1n) is 7.46. The van der Waals surface area contributed by atoms with Crippen molar-refractivity contribution in [3.05, 3.63) is 33.9 Å². The highest BCUT2D eigenvalue weighted by Crippen LogP contribution is 2.36. The van der Waals surface area contributed by atoms with Crippen LogP contribution in [-0.4, -0.2) is 36.9 Å². The third-order valence-corrected chi connectivity index (χ3v) is 5.48. The molecule has 0 radical (unpaired) electrons. The molecule has 2 rings (SSSR count). The van der Waals surface area contributed by atoms with E-state index < -0.39 is 54.7 Å². The number of hydrogen-bond donors (Lipinski definition) is 0. The van der Waals surface area contributed by atoms with E-state index in [1.807, 2.05) is 0 Å². The van der Waals surface area contributed by atoms with Crippen molar-refractivity contribution in [3.8, 4) is 0 Å². The molecule has 0 spiro atoms. The number of rotatable bonds is 4. The van der Waals surface area contributed by atoms with Gasteiger partial charge in [-0.25, -0.2) is 8.42 Å². The van der Waals surface area contributed by atoms with E-state index in [0.717, 1.165) is 24.5 Å². The molecule has 0 aliphatic heterocycles. The van der Waals surface area contributed by atoms with Crippen LogP contribution in [0.15, 0.2) is 23.1 Å². The summed E-state index contributed by atoms with van der Waals surface area (Å²) in [4.78, 5) is 47.3. The zero-order valence-corrected chi connectivity index (χ0v) is 14.8. The highest BCUT2D eigenvalue weighted by molar-refractivity contribution is 7.90. The van der Waals surface area contributed by atoms with Crippen molar-refractivity contribution in [1.82, 2.24) is 0 Å². The Hall–Kier alpha value is -2.42. The molecule has 0 aromatic heterocycles. The Morgan fingerprint density at radius 1 is 1.28 bits per heavy atom. The average molecular weight is 367 g/mol. The summed E-state index contributed by atoms with van der Waals surface area (Å²) in [6.45, 7) is 3.23. The number of ketones is 3. The Balaban J connectivity index is 2.57. The lowest BCUT2D eigenvalue weighted by Crippen LogP contribution is -2.44. The first-order valence-corrected chi connectivity index (χ1v) is 9.35. The summed E-state index contributed by atoms with van der Waals surface area (Å²) in [5, 5.41) is 11.3. The van der Waals surface area contributed by atoms with Gasteiger partial charge in [0.2, 0.25) is 0 Å². The molecule has 0 N–H and O–H groups in total. The summed E-state index contributed by atoms with van der Waals surface area (Å²) in [6.07, 6.45) is 1.22. The third-order valence-electron chi connectivity index (χ3n) is 4.37. The number of sulfone groups is 1. The summed E-state index contributed by atoms with van der Waals surface area (Å²) in [5.41, 5.74) is -2.06. The van der Waals surface area contributed by atoms with Gasteiger partial charge in [0, 0.05) is 24.2 Å². The number of carbonyl (C=O) groups is 3. The number of hydrogen-bond acceptors (Lipinski definition) is 7. The van der Waals surface area contributed by atoms with Crippen molar-refractivity contribution in [1.29, 1.82) is 0 Å². The summed E-state index contributed by atoms with van der Waals surface area (Å²) in [7, 11) is -3.72. The zero-order valence-electron chi connectivity index (χ0n) is 13.9. The highest BCUT2D eigenvalue weighted by Gasteiger charge is 2.47. The molecule has 134 valence electrons. The van der Waals surface area contributed by atoms with Gasteiger partial charge < -0.3 is 0 Å². The number of Topliss-reactive ketones (excluding diaryl/α,β-unsaturated/α-hetero) is 3. The average Bonchev–Trinajstić information content (AvgIpc) is 2.50. The van der Waals surface area contributed by atoms with Gasteiger partial charge in [0.05, 0.1) is 15.4 Å². The van der Waals surface area contributed by atoms with Gasteiger partial charge in [-0.3, -0.25) is 24.5 Å². The maximum Gasteiger partial charge on any atom is 0.281 e. The van der Waals surface area contributed by atoms with Crippen molar-refractivity contribution in [2.75, 3.05) is 6.26 Å². The van der Waals surface area contributed by atoms with E-state index in [9.17, 15) is 32.9 Å². The lowest BCUT2D eigenvalue weighted by molar-refractivity contribution is -0.385. The molecule has 0 amide bonds. The van der Waals surface area contributed by atoms with Crippen LogP contribution in [0.1, 0.15) is 37.0 Å². The molecule has 1 aromatic rings. The van der Waals surface area contributed by atoms with Gasteiger partial charge in [-0.1, -0.05) is 13.8 Å². The normalized spacial score (nSPS) is 20.4. The molecule has 0 saturated heterocycles. The summed E-state index contributed by atoms with van der Waals surface area (Å²) in [5.74, 6) is -3.70. The number of nitrogens with zero attached hydrogens (tertiary/aromatic N) is 1. The van der Waals surface area contributed by atoms with E-state index in [-0.39, 0.29) is 11.3 Å². The van der Waals surface area contributed by atoms with Gasteiger partial charge >= 0.3 is 0 Å². The molecular weight excluding hydrogens is 350 g/mol. The van der Waals surface area contributed by atoms with E-state index in [1.165, 1.54) is 0 Å². The van der Waals surface area contributed by atoms with Crippen LogP contribution in [0.5, 0.6) is 0 Å². The fraction of sp³-hybridized carbons (Fsp3) is 0.438. The zero-order chi connectivity index (χ0) is 19.2. The van der Waals surface area contributed by atoms with E-state index in [2.05, 4.69) is 0 Å². The number of benzene rings is 1. The summed E-state index contributed by atoms with van der Waals surface area (Å²) in [6, 6.07) is 2.81. The monoisotopic (exact) mass is 367 g/mol. The predicted octanol–water partition coefficient (Wildman–Crippen LogP) is 1.76. The summed E-state index contributed by atoms with van der Waals surface area (Å²) >= 11 is 0. The van der Waals surface area contributed by atoms with E-state index in [4.69, 9.17) is 0 Å². The van der Waals surface area contributed by atoms with Gasteiger partial charge in [-0.15, -0.1) is 0 Å². The highest BCUT2D eigenvalue weighted by atomic mass is 32.2. The first kappa shape index (κ1) is 18.9. The Bertz CT molecular complexity index is 899. The maximum absolute atomic E-state index is 12.7. The standard InChI is InChI=1S/C16H17NO7S/c1-16(2)7-6-12(18)13(15(16)20)14(19)10-5-4-9(25(3,23)24)8-11(10)17(21)22/h4-5,8,13H,6-7H2,1-3H3. The van der Waals surface area contributed by atoms with E-state index in [1.54, 1.807) is 13.8 Å². The van der Waals surface area contributed by atoms with Gasteiger partial charge in [0.1, 0.15) is 5.92 Å².